The van der Waals surface area contributed by atoms with Crippen LogP contribution in [0.4, 0.5) is 0 Å². The number of rotatable bonds is 5. The largest absolute Gasteiger partial charge is 0.449 e. The number of carbonyl (C=O) groups excluding carboxylic acids is 2. The summed E-state index contributed by atoms with van der Waals surface area (Å²) in [5.41, 5.74) is 3.93. The van der Waals surface area contributed by atoms with Crippen LogP contribution in [0.15, 0.2) is 66.7 Å². The zero-order valence-corrected chi connectivity index (χ0v) is 16.9. The number of esters is 1. The summed E-state index contributed by atoms with van der Waals surface area (Å²) in [4.78, 5) is 29.2. The summed E-state index contributed by atoms with van der Waals surface area (Å²) in [5.74, 6) is -0.862. The van der Waals surface area contributed by atoms with Gasteiger partial charge in [0.15, 0.2) is 6.10 Å². The van der Waals surface area contributed by atoms with Gasteiger partial charge >= 0.3 is 5.97 Å². The highest BCUT2D eigenvalue weighted by Gasteiger charge is 2.24. The zero-order valence-electron chi connectivity index (χ0n) is 16.9. The van der Waals surface area contributed by atoms with Crippen LogP contribution in [0.3, 0.4) is 0 Å². The van der Waals surface area contributed by atoms with Crippen LogP contribution in [0.5, 0.6) is 0 Å². The predicted octanol–water partition coefficient (Wildman–Crippen LogP) is 4.37. The van der Waals surface area contributed by atoms with Crippen molar-refractivity contribution in [2.24, 2.45) is 0 Å². The van der Waals surface area contributed by atoms with Crippen LogP contribution in [0.25, 0.3) is 17.0 Å². The lowest BCUT2D eigenvalue weighted by molar-refractivity contribution is -0.150. The first-order valence-corrected chi connectivity index (χ1v) is 10.2. The van der Waals surface area contributed by atoms with Crippen molar-refractivity contribution in [2.45, 2.75) is 38.3 Å². The van der Waals surface area contributed by atoms with Gasteiger partial charge in [-0.05, 0) is 55.5 Å². The number of carbonyl (C=O) groups is 2. The van der Waals surface area contributed by atoms with Gasteiger partial charge in [-0.25, -0.2) is 9.78 Å². The number of pyridine rings is 1. The van der Waals surface area contributed by atoms with Gasteiger partial charge in [-0.1, -0.05) is 48.5 Å². The predicted molar refractivity (Wildman–Crippen MR) is 117 cm³/mol. The van der Waals surface area contributed by atoms with Crippen LogP contribution in [0.1, 0.15) is 42.6 Å². The molecule has 0 bridgehead atoms. The standard InChI is InChI=1S/C25H24N2O3/c1-17(25(29)27-23-12-6-9-18-7-2-4-10-21(18)23)30-24(28)16-15-20-14-13-19-8-3-5-11-22(19)26-20/h2-5,7-8,10-11,13-17,23H,6,9,12H2,1H3,(H,27,29)/b16-15+. The number of hydrogen-bond acceptors (Lipinski definition) is 4. The lowest BCUT2D eigenvalue weighted by Gasteiger charge is -2.27. The molecule has 3 aromatic rings. The smallest absolute Gasteiger partial charge is 0.331 e. The molecule has 152 valence electrons. The SMILES string of the molecule is CC(OC(=O)/C=C/c1ccc2ccccc2n1)C(=O)NC1CCCc2ccccc21. The highest BCUT2D eigenvalue weighted by molar-refractivity contribution is 5.90. The van der Waals surface area contributed by atoms with Crippen molar-refractivity contribution < 1.29 is 14.3 Å². The molecule has 5 nitrogen and oxygen atoms in total. The van der Waals surface area contributed by atoms with Gasteiger partial charge in [-0.15, -0.1) is 0 Å². The number of nitrogens with one attached hydrogen (secondary N) is 1. The second-order valence-electron chi connectivity index (χ2n) is 7.49. The van der Waals surface area contributed by atoms with E-state index in [4.69, 9.17) is 4.74 Å². The van der Waals surface area contributed by atoms with E-state index in [2.05, 4.69) is 22.4 Å². The summed E-state index contributed by atoms with van der Waals surface area (Å²) in [6, 6.07) is 19.7. The quantitative estimate of drug-likeness (QED) is 0.510. The van der Waals surface area contributed by atoms with Crippen molar-refractivity contribution in [2.75, 3.05) is 0 Å². The van der Waals surface area contributed by atoms with Crippen molar-refractivity contribution in [3.8, 4) is 0 Å². The molecule has 4 rings (SSSR count). The van der Waals surface area contributed by atoms with E-state index in [1.807, 2.05) is 48.5 Å². The summed E-state index contributed by atoms with van der Waals surface area (Å²) in [6.45, 7) is 1.59. The number of amides is 1. The van der Waals surface area contributed by atoms with E-state index in [1.54, 1.807) is 13.0 Å². The van der Waals surface area contributed by atoms with Crippen molar-refractivity contribution >= 4 is 28.9 Å². The van der Waals surface area contributed by atoms with Gasteiger partial charge in [0.2, 0.25) is 0 Å². The molecule has 2 atom stereocenters. The van der Waals surface area contributed by atoms with Crippen LogP contribution in [0, 0.1) is 0 Å². The Labute approximate surface area is 175 Å². The van der Waals surface area contributed by atoms with Crippen molar-refractivity contribution in [3.63, 3.8) is 0 Å². The highest BCUT2D eigenvalue weighted by atomic mass is 16.5. The van der Waals surface area contributed by atoms with E-state index in [0.29, 0.717) is 5.69 Å². The van der Waals surface area contributed by atoms with E-state index in [-0.39, 0.29) is 11.9 Å². The average Bonchev–Trinajstić information content (AvgIpc) is 2.77. The molecule has 1 aromatic heterocycles. The number of ether oxygens (including phenoxy) is 1. The molecule has 2 aromatic carbocycles. The van der Waals surface area contributed by atoms with E-state index < -0.39 is 12.1 Å². The molecule has 1 N–H and O–H groups in total. The van der Waals surface area contributed by atoms with Gasteiger partial charge in [0.05, 0.1) is 17.3 Å². The molecule has 5 heteroatoms. The van der Waals surface area contributed by atoms with Crippen LogP contribution in [-0.2, 0) is 20.7 Å². The summed E-state index contributed by atoms with van der Waals surface area (Å²) in [5, 5.41) is 4.06. The Morgan fingerprint density at radius 3 is 2.80 bits per heavy atom. The molecular weight excluding hydrogens is 376 g/mol. The topological polar surface area (TPSA) is 68.3 Å². The Balaban J connectivity index is 1.35. The first kappa shape index (κ1) is 19.8. The fourth-order valence-electron chi connectivity index (χ4n) is 3.79. The maximum absolute atomic E-state index is 12.6. The normalized spacial score (nSPS) is 16.8. The molecule has 0 saturated heterocycles. The van der Waals surface area contributed by atoms with E-state index in [1.165, 1.54) is 11.6 Å². The number of para-hydroxylation sites is 1. The van der Waals surface area contributed by atoms with Crippen LogP contribution in [0.2, 0.25) is 0 Å². The van der Waals surface area contributed by atoms with Gasteiger partial charge in [-0.3, -0.25) is 4.79 Å². The maximum atomic E-state index is 12.6. The Kier molecular flexibility index (Phi) is 5.89. The van der Waals surface area contributed by atoms with E-state index in [0.717, 1.165) is 35.7 Å². The monoisotopic (exact) mass is 400 g/mol. The molecule has 30 heavy (non-hydrogen) atoms. The summed E-state index contributed by atoms with van der Waals surface area (Å²) in [7, 11) is 0. The molecule has 1 aliphatic carbocycles. The molecule has 1 aliphatic rings. The van der Waals surface area contributed by atoms with Gasteiger partial charge in [0.1, 0.15) is 0 Å². The molecule has 0 aliphatic heterocycles. The number of aryl methyl sites for hydroxylation is 1. The summed E-state index contributed by atoms with van der Waals surface area (Å²) >= 11 is 0. The van der Waals surface area contributed by atoms with E-state index in [9.17, 15) is 9.59 Å². The summed E-state index contributed by atoms with van der Waals surface area (Å²) in [6.07, 6.45) is 4.96. The van der Waals surface area contributed by atoms with Crippen LogP contribution < -0.4 is 5.32 Å². The van der Waals surface area contributed by atoms with Crippen LogP contribution >= 0.6 is 0 Å². The molecule has 0 saturated carbocycles. The zero-order chi connectivity index (χ0) is 20.9. The Bertz CT molecular complexity index is 1110. The number of hydrogen-bond donors (Lipinski definition) is 1. The minimum absolute atomic E-state index is 0.0408. The first-order chi connectivity index (χ1) is 14.6. The molecular formula is C25H24N2O3. The van der Waals surface area contributed by atoms with Crippen molar-refractivity contribution in [3.05, 3.63) is 83.6 Å². The molecule has 0 fully saturated rings. The Morgan fingerprint density at radius 2 is 1.90 bits per heavy atom. The Hall–Kier alpha value is -3.47. The molecule has 1 amide bonds. The minimum atomic E-state index is -0.874. The number of aromatic nitrogens is 1. The average molecular weight is 400 g/mol. The van der Waals surface area contributed by atoms with Gasteiger partial charge in [0, 0.05) is 11.5 Å². The van der Waals surface area contributed by atoms with Gasteiger partial charge < -0.3 is 10.1 Å². The number of nitrogens with zero attached hydrogens (tertiary/aromatic N) is 1. The molecule has 1 heterocycles. The van der Waals surface area contributed by atoms with Crippen molar-refractivity contribution in [1.29, 1.82) is 0 Å². The summed E-state index contributed by atoms with van der Waals surface area (Å²) < 4.78 is 5.29. The van der Waals surface area contributed by atoms with Gasteiger partial charge in [-0.2, -0.15) is 0 Å². The molecule has 0 radical (unpaired) electrons. The highest BCUT2D eigenvalue weighted by Crippen LogP contribution is 2.29. The third-order valence-corrected chi connectivity index (χ3v) is 5.36. The van der Waals surface area contributed by atoms with Crippen LogP contribution in [-0.4, -0.2) is 23.0 Å². The fraction of sp³-hybridized carbons (Fsp3) is 0.240. The third-order valence-electron chi connectivity index (χ3n) is 5.36. The van der Waals surface area contributed by atoms with Gasteiger partial charge in [0.25, 0.3) is 5.91 Å². The second-order valence-corrected chi connectivity index (χ2v) is 7.49. The second kappa shape index (κ2) is 8.91. The lowest BCUT2D eigenvalue weighted by Crippen LogP contribution is -2.39. The van der Waals surface area contributed by atoms with E-state index >= 15 is 0 Å². The molecule has 2 unspecified atom stereocenters. The number of benzene rings is 2. The number of fused-ring (bicyclic) bond motifs is 2. The fourth-order valence-corrected chi connectivity index (χ4v) is 3.79. The lowest BCUT2D eigenvalue weighted by atomic mass is 9.87. The van der Waals surface area contributed by atoms with Crippen molar-refractivity contribution in [1.82, 2.24) is 10.3 Å². The third kappa shape index (κ3) is 4.57. The maximum Gasteiger partial charge on any atom is 0.331 e. The Morgan fingerprint density at radius 1 is 1.10 bits per heavy atom. The minimum Gasteiger partial charge on any atom is -0.449 e. The molecule has 0 spiro atoms. The first-order valence-electron chi connectivity index (χ1n) is 10.2.